The Balaban J connectivity index is 1.59. The van der Waals surface area contributed by atoms with Crippen LogP contribution >= 0.6 is 15.9 Å². The summed E-state index contributed by atoms with van der Waals surface area (Å²) < 4.78 is 10.7. The van der Waals surface area contributed by atoms with E-state index >= 15 is 0 Å². The van der Waals surface area contributed by atoms with Gasteiger partial charge in [0.15, 0.2) is 4.51 Å². The second-order valence-electron chi connectivity index (χ2n) is 10.1. The van der Waals surface area contributed by atoms with Crippen molar-refractivity contribution in [3.63, 3.8) is 0 Å². The number of alkyl halides is 1. The molecule has 7 atom stereocenters. The lowest BCUT2D eigenvalue weighted by Crippen LogP contribution is -2.52. The summed E-state index contributed by atoms with van der Waals surface area (Å²) in [6.07, 6.45) is 11.0. The topological polar surface area (TPSA) is 52.6 Å². The summed E-state index contributed by atoms with van der Waals surface area (Å²) >= 11 is 3.69. The number of hydrogen-bond donors (Lipinski definition) is 0. The Hall–Kier alpha value is -0.840. The molecule has 0 aliphatic heterocycles. The number of carbonyl (C=O) groups is 2. The van der Waals surface area contributed by atoms with Crippen LogP contribution in [-0.2, 0) is 19.1 Å². The van der Waals surface area contributed by atoms with Crippen molar-refractivity contribution >= 4 is 27.9 Å². The summed E-state index contributed by atoms with van der Waals surface area (Å²) in [6.45, 7) is 7.83. The number of hydrogen-bond acceptors (Lipinski definition) is 4. The van der Waals surface area contributed by atoms with Crippen molar-refractivity contribution in [3.8, 4) is 0 Å². The molecule has 0 aromatic heterocycles. The molecule has 0 bridgehead atoms. The molecule has 0 heterocycles. The largest absolute Gasteiger partial charge is 0.462 e. The molecule has 3 saturated carbocycles. The molecule has 0 saturated heterocycles. The first kappa shape index (κ1) is 20.4. The lowest BCUT2D eigenvalue weighted by molar-refractivity contribution is -0.157. The fraction of sp³-hybridized carbons (Fsp3) is 0.826. The molecule has 0 N–H and O–H groups in total. The van der Waals surface area contributed by atoms with Crippen LogP contribution in [0, 0.1) is 28.6 Å². The summed E-state index contributed by atoms with van der Waals surface area (Å²) in [5.74, 6) is 1.66. The summed E-state index contributed by atoms with van der Waals surface area (Å²) in [5, 5.41) is 0. The third kappa shape index (κ3) is 3.16. The molecule has 3 fully saturated rings. The SMILES string of the molecule is CC(=O)O[C@H]1CC[C@H]2[C@@H]3CCC4=C[C@@](Br)(OC(C)=O)CC[C@]4(C)[C@H]3CC[C@]12C. The zero-order valence-corrected chi connectivity index (χ0v) is 19.1. The molecule has 0 unspecified atom stereocenters. The third-order valence-electron chi connectivity index (χ3n) is 8.65. The van der Waals surface area contributed by atoms with Gasteiger partial charge in [-0.25, -0.2) is 0 Å². The average Bonchev–Trinajstić information content (AvgIpc) is 2.91. The number of fused-ring (bicyclic) bond motifs is 5. The van der Waals surface area contributed by atoms with Gasteiger partial charge in [0.1, 0.15) is 6.10 Å². The van der Waals surface area contributed by atoms with E-state index in [1.54, 1.807) is 6.92 Å². The van der Waals surface area contributed by atoms with Gasteiger partial charge in [-0.2, -0.15) is 0 Å². The van der Waals surface area contributed by atoms with Crippen molar-refractivity contribution in [1.82, 2.24) is 0 Å². The normalized spacial score (nSPS) is 47.2. The third-order valence-corrected chi connectivity index (χ3v) is 9.43. The van der Waals surface area contributed by atoms with Crippen LogP contribution in [0.4, 0.5) is 0 Å². The van der Waals surface area contributed by atoms with E-state index in [4.69, 9.17) is 9.47 Å². The maximum atomic E-state index is 11.6. The molecule has 4 nitrogen and oxygen atoms in total. The fourth-order valence-corrected chi connectivity index (χ4v) is 8.04. The van der Waals surface area contributed by atoms with Crippen molar-refractivity contribution in [2.45, 2.75) is 89.7 Å². The maximum Gasteiger partial charge on any atom is 0.304 e. The van der Waals surface area contributed by atoms with Gasteiger partial charge in [0.05, 0.1) is 0 Å². The number of allylic oxidation sites excluding steroid dienone is 1. The molecule has 0 amide bonds. The van der Waals surface area contributed by atoms with E-state index in [1.807, 2.05) is 0 Å². The van der Waals surface area contributed by atoms with Crippen LogP contribution in [0.5, 0.6) is 0 Å². The van der Waals surface area contributed by atoms with Crippen LogP contribution in [0.3, 0.4) is 0 Å². The lowest BCUT2D eigenvalue weighted by Gasteiger charge is -2.58. The standard InChI is InChI=1S/C23H33BrO4/c1-14(25)27-20-8-7-18-17-6-5-16-13-23(24,28-15(2)26)12-11-21(16,3)19(17)9-10-22(18,20)4/h13,17-20H,5-12H2,1-4H3/t17-,18-,19-,20-,21-,22-,23-/m0/s1. The Bertz CT molecular complexity index is 717. The van der Waals surface area contributed by atoms with Crippen LogP contribution in [0.25, 0.3) is 0 Å². The smallest absolute Gasteiger partial charge is 0.304 e. The summed E-state index contributed by atoms with van der Waals surface area (Å²) in [5.41, 5.74) is 1.80. The van der Waals surface area contributed by atoms with Crippen LogP contribution in [0.15, 0.2) is 11.6 Å². The predicted molar refractivity (Wildman–Crippen MR) is 111 cm³/mol. The monoisotopic (exact) mass is 452 g/mol. The van der Waals surface area contributed by atoms with E-state index in [0.717, 1.165) is 32.1 Å². The highest BCUT2D eigenvalue weighted by molar-refractivity contribution is 9.10. The summed E-state index contributed by atoms with van der Waals surface area (Å²) in [4.78, 5) is 23.1. The van der Waals surface area contributed by atoms with E-state index < -0.39 is 4.51 Å². The van der Waals surface area contributed by atoms with Crippen molar-refractivity contribution in [1.29, 1.82) is 0 Å². The summed E-state index contributed by atoms with van der Waals surface area (Å²) in [6, 6.07) is 0. The van der Waals surface area contributed by atoms with Gasteiger partial charge in [-0.1, -0.05) is 19.4 Å². The molecule has 0 spiro atoms. The molecule has 4 rings (SSSR count). The molecule has 0 radical (unpaired) electrons. The Morgan fingerprint density at radius 2 is 1.75 bits per heavy atom. The zero-order valence-electron chi connectivity index (χ0n) is 17.6. The van der Waals surface area contributed by atoms with Crippen molar-refractivity contribution in [3.05, 3.63) is 11.6 Å². The van der Waals surface area contributed by atoms with Crippen LogP contribution in [0.1, 0.15) is 79.1 Å². The van der Waals surface area contributed by atoms with Crippen LogP contribution in [0.2, 0.25) is 0 Å². The first-order chi connectivity index (χ1) is 13.1. The Morgan fingerprint density at radius 1 is 1.00 bits per heavy atom. The number of ether oxygens (including phenoxy) is 2. The van der Waals surface area contributed by atoms with E-state index in [-0.39, 0.29) is 28.9 Å². The Labute approximate surface area is 176 Å². The van der Waals surface area contributed by atoms with Gasteiger partial charge in [0, 0.05) is 25.7 Å². The predicted octanol–water partition coefficient (Wildman–Crippen LogP) is 5.54. The number of halogens is 1. The lowest BCUT2D eigenvalue weighted by atomic mass is 9.47. The Morgan fingerprint density at radius 3 is 2.43 bits per heavy atom. The van der Waals surface area contributed by atoms with E-state index in [2.05, 4.69) is 35.9 Å². The number of esters is 2. The molecule has 156 valence electrons. The van der Waals surface area contributed by atoms with Crippen LogP contribution < -0.4 is 0 Å². The van der Waals surface area contributed by atoms with Gasteiger partial charge in [0.2, 0.25) is 0 Å². The maximum absolute atomic E-state index is 11.6. The average molecular weight is 453 g/mol. The number of carbonyl (C=O) groups excluding carboxylic acids is 2. The first-order valence-electron chi connectivity index (χ1n) is 10.9. The van der Waals surface area contributed by atoms with Crippen molar-refractivity contribution in [2.24, 2.45) is 28.6 Å². The van der Waals surface area contributed by atoms with E-state index in [1.165, 1.54) is 31.8 Å². The van der Waals surface area contributed by atoms with E-state index in [9.17, 15) is 9.59 Å². The molecule has 5 heteroatoms. The molecular formula is C23H33BrO4. The Kier molecular flexibility index (Phi) is 5.00. The van der Waals surface area contributed by atoms with Gasteiger partial charge < -0.3 is 9.47 Å². The first-order valence-corrected chi connectivity index (χ1v) is 11.6. The highest BCUT2D eigenvalue weighted by Crippen LogP contribution is 2.66. The minimum absolute atomic E-state index is 0.0891. The minimum Gasteiger partial charge on any atom is -0.462 e. The second-order valence-corrected chi connectivity index (χ2v) is 11.4. The quantitative estimate of drug-likeness (QED) is 0.313. The van der Waals surface area contributed by atoms with E-state index in [0.29, 0.717) is 17.8 Å². The minimum atomic E-state index is -0.628. The van der Waals surface area contributed by atoms with Crippen molar-refractivity contribution < 1.29 is 19.1 Å². The molecule has 0 aromatic rings. The number of rotatable bonds is 2. The molecule has 4 aliphatic rings. The van der Waals surface area contributed by atoms with Gasteiger partial charge in [-0.15, -0.1) is 0 Å². The van der Waals surface area contributed by atoms with Gasteiger partial charge in [-0.3, -0.25) is 9.59 Å². The summed E-state index contributed by atoms with van der Waals surface area (Å²) in [7, 11) is 0. The van der Waals surface area contributed by atoms with Crippen molar-refractivity contribution in [2.75, 3.05) is 0 Å². The van der Waals surface area contributed by atoms with Crippen LogP contribution in [-0.4, -0.2) is 22.6 Å². The molecular weight excluding hydrogens is 420 g/mol. The van der Waals surface area contributed by atoms with Gasteiger partial charge in [0.25, 0.3) is 0 Å². The highest BCUT2D eigenvalue weighted by Gasteiger charge is 2.60. The highest BCUT2D eigenvalue weighted by atomic mass is 79.9. The fourth-order valence-electron chi connectivity index (χ4n) is 7.34. The van der Waals surface area contributed by atoms with Gasteiger partial charge in [-0.05, 0) is 90.1 Å². The second kappa shape index (κ2) is 6.85. The van der Waals surface area contributed by atoms with Gasteiger partial charge >= 0.3 is 11.9 Å². The molecule has 28 heavy (non-hydrogen) atoms. The molecule has 0 aromatic carbocycles. The molecule has 4 aliphatic carbocycles. The zero-order chi connectivity index (χ0) is 20.3.